The zero-order valence-electron chi connectivity index (χ0n) is 22.5. The Morgan fingerprint density at radius 2 is 1.09 bits per heavy atom. The predicted molar refractivity (Wildman–Crippen MR) is 144 cm³/mol. The minimum atomic E-state index is -0.104. The van der Waals surface area contributed by atoms with Gasteiger partial charge < -0.3 is 9.84 Å². The lowest BCUT2D eigenvalue weighted by Crippen LogP contribution is -2.28. The fourth-order valence-corrected chi connectivity index (χ4v) is 6.42. The minimum absolute atomic E-state index is 0.104. The quantitative estimate of drug-likeness (QED) is 0.259. The fourth-order valence-electron chi connectivity index (χ4n) is 6.42. The summed E-state index contributed by atoms with van der Waals surface area (Å²) < 4.78 is 6.57. The van der Waals surface area contributed by atoms with Crippen molar-refractivity contribution >= 4 is 0 Å². The molecule has 3 aliphatic carbocycles. The molecule has 0 saturated heterocycles. The summed E-state index contributed by atoms with van der Waals surface area (Å²) in [5.74, 6) is 1.49. The Morgan fingerprint density at radius 1 is 0.576 bits per heavy atom. The average Bonchev–Trinajstić information content (AvgIpc) is 2.80. The highest BCUT2D eigenvalue weighted by Gasteiger charge is 2.25. The van der Waals surface area contributed by atoms with Crippen LogP contribution < -0.4 is 0 Å². The summed E-state index contributed by atoms with van der Waals surface area (Å²) in [6.45, 7) is 3.24. The van der Waals surface area contributed by atoms with Gasteiger partial charge in [0.15, 0.2) is 0 Å². The van der Waals surface area contributed by atoms with Gasteiger partial charge in [0.25, 0.3) is 0 Å². The van der Waals surface area contributed by atoms with Gasteiger partial charge in [-0.2, -0.15) is 0 Å². The highest BCUT2D eigenvalue weighted by atomic mass is 16.5. The SMILES string of the molecule is CCCCCCCCCCCCCCOC1CCC(O)CC2CCCCCC1CCCCC2. The maximum absolute atomic E-state index is 10.7. The van der Waals surface area contributed by atoms with Gasteiger partial charge in [-0.15, -0.1) is 0 Å². The Balaban J connectivity index is 1.62. The third-order valence-electron chi connectivity index (χ3n) is 8.62. The van der Waals surface area contributed by atoms with E-state index in [1.807, 2.05) is 0 Å². The summed E-state index contributed by atoms with van der Waals surface area (Å²) in [6.07, 6.45) is 33.8. The van der Waals surface area contributed by atoms with Crippen LogP contribution in [0.4, 0.5) is 0 Å². The van der Waals surface area contributed by atoms with Crippen LogP contribution in [0.1, 0.15) is 167 Å². The molecule has 2 atom stereocenters. The van der Waals surface area contributed by atoms with Crippen molar-refractivity contribution < 1.29 is 9.84 Å². The van der Waals surface area contributed by atoms with E-state index < -0.39 is 0 Å². The van der Waals surface area contributed by atoms with Crippen molar-refractivity contribution in [3.63, 3.8) is 0 Å². The number of aliphatic hydroxyl groups excluding tert-OH is 1. The number of unbranched alkanes of at least 4 members (excludes halogenated alkanes) is 11. The molecule has 0 radical (unpaired) electrons. The molecule has 2 heteroatoms. The Labute approximate surface area is 208 Å². The van der Waals surface area contributed by atoms with Crippen LogP contribution in [0.15, 0.2) is 0 Å². The molecule has 1 N–H and O–H groups in total. The first kappa shape index (κ1) is 29.2. The molecule has 196 valence electrons. The summed E-state index contributed by atoms with van der Waals surface area (Å²) in [5.41, 5.74) is 0. The van der Waals surface area contributed by atoms with Gasteiger partial charge in [0.05, 0.1) is 12.2 Å². The first-order chi connectivity index (χ1) is 16.3. The third-order valence-corrected chi connectivity index (χ3v) is 8.62. The number of hydrogen-bond donors (Lipinski definition) is 1. The van der Waals surface area contributed by atoms with Gasteiger partial charge in [-0.3, -0.25) is 0 Å². The summed E-state index contributed by atoms with van der Waals surface area (Å²) >= 11 is 0. The van der Waals surface area contributed by atoms with E-state index in [1.54, 1.807) is 0 Å². The highest BCUT2D eigenvalue weighted by Crippen LogP contribution is 2.32. The van der Waals surface area contributed by atoms with Crippen LogP contribution in [0.3, 0.4) is 0 Å². The molecule has 3 saturated carbocycles. The van der Waals surface area contributed by atoms with E-state index in [0.29, 0.717) is 6.10 Å². The van der Waals surface area contributed by atoms with E-state index in [4.69, 9.17) is 4.74 Å². The topological polar surface area (TPSA) is 29.5 Å². The summed E-state index contributed by atoms with van der Waals surface area (Å²) in [5, 5.41) is 10.7. The van der Waals surface area contributed by atoms with Crippen LogP contribution in [0.5, 0.6) is 0 Å². The summed E-state index contributed by atoms with van der Waals surface area (Å²) in [6, 6.07) is 0. The molecule has 3 rings (SSSR count). The lowest BCUT2D eigenvalue weighted by molar-refractivity contribution is -0.0139. The Bertz CT molecular complexity index is 409. The van der Waals surface area contributed by atoms with Gasteiger partial charge in [-0.05, 0) is 50.4 Å². The largest absolute Gasteiger partial charge is 0.393 e. The highest BCUT2D eigenvalue weighted by molar-refractivity contribution is 4.77. The zero-order valence-corrected chi connectivity index (χ0v) is 22.5. The molecular weight excluding hydrogens is 404 g/mol. The zero-order chi connectivity index (χ0) is 23.4. The number of aliphatic hydroxyl groups is 1. The van der Waals surface area contributed by atoms with Crippen LogP contribution in [0.2, 0.25) is 0 Å². The van der Waals surface area contributed by atoms with Gasteiger partial charge in [-0.25, -0.2) is 0 Å². The molecule has 0 amide bonds. The second-order valence-electron chi connectivity index (χ2n) is 11.7. The molecular formula is C31H60O2. The van der Waals surface area contributed by atoms with Crippen LogP contribution in [-0.4, -0.2) is 23.9 Å². The smallest absolute Gasteiger partial charge is 0.0604 e. The van der Waals surface area contributed by atoms with Crippen molar-refractivity contribution in [3.8, 4) is 0 Å². The summed E-state index contributed by atoms with van der Waals surface area (Å²) in [4.78, 5) is 0. The third kappa shape index (κ3) is 14.8. The Kier molecular flexibility index (Phi) is 17.8. The number of ether oxygens (including phenoxy) is 1. The van der Waals surface area contributed by atoms with Crippen LogP contribution in [-0.2, 0) is 4.74 Å². The molecule has 0 aromatic rings. The van der Waals surface area contributed by atoms with Crippen LogP contribution in [0, 0.1) is 11.8 Å². The van der Waals surface area contributed by atoms with Crippen LogP contribution >= 0.6 is 0 Å². The number of hydrogen-bond acceptors (Lipinski definition) is 2. The lowest BCUT2D eigenvalue weighted by atomic mass is 9.82. The van der Waals surface area contributed by atoms with Crippen molar-refractivity contribution in [2.24, 2.45) is 11.8 Å². The van der Waals surface area contributed by atoms with Gasteiger partial charge >= 0.3 is 0 Å². The normalized spacial score (nSPS) is 27.8. The van der Waals surface area contributed by atoms with E-state index in [9.17, 15) is 5.11 Å². The van der Waals surface area contributed by atoms with Gasteiger partial charge in [0.2, 0.25) is 0 Å². The van der Waals surface area contributed by atoms with Crippen molar-refractivity contribution in [3.05, 3.63) is 0 Å². The Hall–Kier alpha value is -0.0800. The standard InChI is InChI=1S/C31H60O2/c1-2-3-4-5-6-7-8-9-10-11-12-19-26-33-31-25-24-30(32)27-28-20-15-13-17-22-29(31)23-18-14-16-21-28/h28-32H,2-27H2,1H3. The first-order valence-electron chi connectivity index (χ1n) is 15.6. The van der Waals surface area contributed by atoms with E-state index in [2.05, 4.69) is 6.92 Å². The molecule has 0 heterocycles. The molecule has 0 aliphatic heterocycles. The molecule has 3 fully saturated rings. The molecule has 2 bridgehead atoms. The monoisotopic (exact) mass is 464 g/mol. The van der Waals surface area contributed by atoms with Gasteiger partial charge in [0.1, 0.15) is 0 Å². The van der Waals surface area contributed by atoms with Gasteiger partial charge in [-0.1, -0.05) is 129 Å². The second kappa shape index (κ2) is 20.1. The van der Waals surface area contributed by atoms with Crippen molar-refractivity contribution in [2.45, 2.75) is 180 Å². The molecule has 0 aromatic carbocycles. The van der Waals surface area contributed by atoms with Gasteiger partial charge in [0, 0.05) is 6.61 Å². The molecule has 0 aromatic heterocycles. The fraction of sp³-hybridized carbons (Fsp3) is 1.00. The summed E-state index contributed by atoms with van der Waals surface area (Å²) in [7, 11) is 0. The number of fused-ring (bicyclic) bond motifs is 12. The lowest BCUT2D eigenvalue weighted by Gasteiger charge is -2.31. The minimum Gasteiger partial charge on any atom is -0.393 e. The Morgan fingerprint density at radius 3 is 1.67 bits per heavy atom. The maximum atomic E-state index is 10.7. The average molecular weight is 465 g/mol. The van der Waals surface area contributed by atoms with Crippen LogP contribution in [0.25, 0.3) is 0 Å². The van der Waals surface area contributed by atoms with Crippen molar-refractivity contribution in [1.82, 2.24) is 0 Å². The maximum Gasteiger partial charge on any atom is 0.0604 e. The van der Waals surface area contributed by atoms with Crippen molar-refractivity contribution in [2.75, 3.05) is 6.61 Å². The molecule has 2 unspecified atom stereocenters. The second-order valence-corrected chi connectivity index (χ2v) is 11.7. The molecule has 0 spiro atoms. The van der Waals surface area contributed by atoms with E-state index in [0.717, 1.165) is 37.7 Å². The van der Waals surface area contributed by atoms with E-state index in [-0.39, 0.29) is 6.10 Å². The first-order valence-corrected chi connectivity index (χ1v) is 15.6. The predicted octanol–water partition coefficient (Wildman–Crippen LogP) is 9.76. The molecule has 2 nitrogen and oxygen atoms in total. The van der Waals surface area contributed by atoms with E-state index >= 15 is 0 Å². The number of rotatable bonds is 14. The van der Waals surface area contributed by atoms with Crippen molar-refractivity contribution in [1.29, 1.82) is 0 Å². The molecule has 33 heavy (non-hydrogen) atoms. The molecule has 3 aliphatic rings. The van der Waals surface area contributed by atoms with E-state index in [1.165, 1.54) is 141 Å².